The zero-order chi connectivity index (χ0) is 9.40. The average Bonchev–Trinajstić information content (AvgIpc) is 2.03. The van der Waals surface area contributed by atoms with E-state index in [4.69, 9.17) is 5.26 Å². The molecular formula is C8H14N4. The smallest absolute Gasteiger partial charge is 0.124 e. The number of nitrogens with zero attached hydrogens (tertiary/aromatic N) is 2. The molecule has 0 aliphatic rings. The van der Waals surface area contributed by atoms with Gasteiger partial charge in [-0.1, -0.05) is 20.4 Å². The molecule has 0 saturated carbocycles. The Hall–Kier alpha value is -1.50. The SMILES string of the molecule is C=C(C#N)NNC=NCC(C)C. The number of nitriles is 1. The Kier molecular flexibility index (Phi) is 5.45. The zero-order valence-electron chi connectivity index (χ0n) is 7.46. The summed E-state index contributed by atoms with van der Waals surface area (Å²) in [5.74, 6) is 0.544. The number of aliphatic imine (C=N–C) groups is 1. The topological polar surface area (TPSA) is 60.2 Å². The summed E-state index contributed by atoms with van der Waals surface area (Å²) in [5, 5.41) is 8.28. The molecule has 0 aromatic rings. The molecule has 0 aromatic heterocycles. The molecule has 0 aliphatic carbocycles. The van der Waals surface area contributed by atoms with Crippen LogP contribution in [0.4, 0.5) is 0 Å². The number of allylic oxidation sites excluding steroid dienone is 1. The number of hydrogen-bond donors (Lipinski definition) is 2. The first-order chi connectivity index (χ1) is 5.66. The molecule has 4 nitrogen and oxygen atoms in total. The van der Waals surface area contributed by atoms with E-state index in [1.54, 1.807) is 0 Å². The molecule has 4 heteroatoms. The lowest BCUT2D eigenvalue weighted by Crippen LogP contribution is -2.28. The normalized spacial score (nSPS) is 9.83. The van der Waals surface area contributed by atoms with E-state index in [0.717, 1.165) is 6.54 Å². The van der Waals surface area contributed by atoms with Gasteiger partial charge < -0.3 is 0 Å². The van der Waals surface area contributed by atoms with Crippen molar-refractivity contribution in [2.75, 3.05) is 6.54 Å². The maximum atomic E-state index is 8.28. The fourth-order valence-electron chi connectivity index (χ4n) is 0.457. The number of nitrogens with one attached hydrogen (secondary N) is 2. The van der Waals surface area contributed by atoms with Crippen LogP contribution in [-0.4, -0.2) is 12.9 Å². The summed E-state index contributed by atoms with van der Waals surface area (Å²) in [6.07, 6.45) is 1.52. The molecule has 12 heavy (non-hydrogen) atoms. The van der Waals surface area contributed by atoms with Crippen molar-refractivity contribution >= 4 is 6.34 Å². The minimum Gasteiger partial charge on any atom is -0.291 e. The minimum absolute atomic E-state index is 0.269. The molecule has 0 saturated heterocycles. The monoisotopic (exact) mass is 166 g/mol. The number of rotatable bonds is 5. The van der Waals surface area contributed by atoms with Gasteiger partial charge in [0.15, 0.2) is 0 Å². The average molecular weight is 166 g/mol. The third-order valence-electron chi connectivity index (χ3n) is 0.984. The number of hydrogen-bond acceptors (Lipinski definition) is 3. The van der Waals surface area contributed by atoms with Crippen LogP contribution in [0.15, 0.2) is 17.3 Å². The first kappa shape index (κ1) is 10.5. The molecule has 66 valence electrons. The van der Waals surface area contributed by atoms with Crippen LogP contribution in [0.3, 0.4) is 0 Å². The second kappa shape index (κ2) is 6.23. The molecule has 0 radical (unpaired) electrons. The zero-order valence-corrected chi connectivity index (χ0v) is 7.46. The third-order valence-corrected chi connectivity index (χ3v) is 0.984. The van der Waals surface area contributed by atoms with Crippen molar-refractivity contribution in [2.24, 2.45) is 10.9 Å². The van der Waals surface area contributed by atoms with Gasteiger partial charge in [0.1, 0.15) is 18.1 Å². The van der Waals surface area contributed by atoms with Crippen molar-refractivity contribution in [1.29, 1.82) is 5.26 Å². The standard InChI is InChI=1S/C8H14N4/c1-7(2)5-10-6-11-12-8(3)4-9/h6-7,12H,3,5H2,1-2H3,(H,10,11). The van der Waals surface area contributed by atoms with E-state index in [1.807, 2.05) is 6.07 Å². The lowest BCUT2D eigenvalue weighted by atomic mass is 10.2. The van der Waals surface area contributed by atoms with Gasteiger partial charge in [-0.15, -0.1) is 0 Å². The van der Waals surface area contributed by atoms with Gasteiger partial charge in [-0.05, 0) is 5.92 Å². The second-order valence-electron chi connectivity index (χ2n) is 2.75. The van der Waals surface area contributed by atoms with E-state index in [2.05, 4.69) is 36.3 Å². The van der Waals surface area contributed by atoms with Gasteiger partial charge in [0.05, 0.1) is 0 Å². The summed E-state index contributed by atoms with van der Waals surface area (Å²) in [6.45, 7) is 8.35. The van der Waals surface area contributed by atoms with Crippen LogP contribution in [0.1, 0.15) is 13.8 Å². The van der Waals surface area contributed by atoms with Gasteiger partial charge in [0.2, 0.25) is 0 Å². The summed E-state index contributed by atoms with van der Waals surface area (Å²) >= 11 is 0. The molecular weight excluding hydrogens is 152 g/mol. The van der Waals surface area contributed by atoms with Crippen molar-refractivity contribution in [2.45, 2.75) is 13.8 Å². The Balaban J connectivity index is 3.38. The van der Waals surface area contributed by atoms with Crippen LogP contribution >= 0.6 is 0 Å². The largest absolute Gasteiger partial charge is 0.291 e. The van der Waals surface area contributed by atoms with Gasteiger partial charge in [-0.25, -0.2) is 0 Å². The van der Waals surface area contributed by atoms with Crippen LogP contribution in [0.2, 0.25) is 0 Å². The van der Waals surface area contributed by atoms with Crippen molar-refractivity contribution in [1.82, 2.24) is 10.9 Å². The first-order valence-electron chi connectivity index (χ1n) is 3.75. The predicted molar refractivity (Wildman–Crippen MR) is 49.2 cm³/mol. The lowest BCUT2D eigenvalue weighted by molar-refractivity contribution is 0.662. The molecule has 0 bridgehead atoms. The summed E-state index contributed by atoms with van der Waals surface area (Å²) in [4.78, 5) is 4.03. The summed E-state index contributed by atoms with van der Waals surface area (Å²) in [6, 6.07) is 1.83. The van der Waals surface area contributed by atoms with Crippen LogP contribution < -0.4 is 10.9 Å². The highest BCUT2D eigenvalue weighted by molar-refractivity contribution is 5.53. The van der Waals surface area contributed by atoms with Crippen molar-refractivity contribution in [3.05, 3.63) is 12.3 Å². The van der Waals surface area contributed by atoms with Gasteiger partial charge >= 0.3 is 0 Å². The maximum absolute atomic E-state index is 8.28. The second-order valence-corrected chi connectivity index (χ2v) is 2.75. The van der Waals surface area contributed by atoms with Gasteiger partial charge in [-0.2, -0.15) is 5.26 Å². The highest BCUT2D eigenvalue weighted by atomic mass is 15.4. The van der Waals surface area contributed by atoms with Crippen LogP contribution in [-0.2, 0) is 0 Å². The van der Waals surface area contributed by atoms with Crippen LogP contribution in [0.25, 0.3) is 0 Å². The highest BCUT2D eigenvalue weighted by Crippen LogP contribution is 1.89. The minimum atomic E-state index is 0.269. The van der Waals surface area contributed by atoms with Gasteiger partial charge in [-0.3, -0.25) is 15.8 Å². The van der Waals surface area contributed by atoms with Crippen molar-refractivity contribution in [3.8, 4) is 6.07 Å². The Bertz CT molecular complexity index is 200. The number of hydrazine groups is 1. The van der Waals surface area contributed by atoms with Crippen LogP contribution in [0.5, 0.6) is 0 Å². The quantitative estimate of drug-likeness (QED) is 0.275. The van der Waals surface area contributed by atoms with Gasteiger partial charge in [0, 0.05) is 6.54 Å². The third kappa shape index (κ3) is 6.62. The van der Waals surface area contributed by atoms with E-state index in [-0.39, 0.29) is 5.70 Å². The summed E-state index contributed by atoms with van der Waals surface area (Å²) in [7, 11) is 0. The highest BCUT2D eigenvalue weighted by Gasteiger charge is 1.87. The van der Waals surface area contributed by atoms with Crippen molar-refractivity contribution < 1.29 is 0 Å². The molecule has 0 atom stereocenters. The van der Waals surface area contributed by atoms with E-state index in [1.165, 1.54) is 6.34 Å². The fourth-order valence-corrected chi connectivity index (χ4v) is 0.457. The Morgan fingerprint density at radius 1 is 1.75 bits per heavy atom. The maximum Gasteiger partial charge on any atom is 0.124 e. The van der Waals surface area contributed by atoms with E-state index in [9.17, 15) is 0 Å². The van der Waals surface area contributed by atoms with E-state index in [0.29, 0.717) is 5.92 Å². The molecule has 0 unspecified atom stereocenters. The Morgan fingerprint density at radius 3 is 2.92 bits per heavy atom. The Morgan fingerprint density at radius 2 is 2.42 bits per heavy atom. The Labute approximate surface area is 73.0 Å². The molecule has 2 N–H and O–H groups in total. The molecule has 0 heterocycles. The van der Waals surface area contributed by atoms with Gasteiger partial charge in [0.25, 0.3) is 0 Å². The van der Waals surface area contributed by atoms with Crippen LogP contribution in [0, 0.1) is 17.2 Å². The van der Waals surface area contributed by atoms with E-state index < -0.39 is 0 Å². The van der Waals surface area contributed by atoms with Crippen molar-refractivity contribution in [3.63, 3.8) is 0 Å². The molecule has 0 aliphatic heterocycles. The molecule has 0 amide bonds. The predicted octanol–water partition coefficient (Wildman–Crippen LogP) is 0.802. The molecule has 0 aromatic carbocycles. The fraction of sp³-hybridized carbons (Fsp3) is 0.500. The molecule has 0 spiro atoms. The lowest BCUT2D eigenvalue weighted by Gasteiger charge is -2.01. The molecule has 0 fully saturated rings. The first-order valence-corrected chi connectivity index (χ1v) is 3.75. The molecule has 0 rings (SSSR count). The van der Waals surface area contributed by atoms with E-state index >= 15 is 0 Å². The summed E-state index contributed by atoms with van der Waals surface area (Å²) < 4.78 is 0. The summed E-state index contributed by atoms with van der Waals surface area (Å²) in [5.41, 5.74) is 5.45.